The van der Waals surface area contributed by atoms with Crippen LogP contribution < -0.4 is 10.6 Å². The quantitative estimate of drug-likeness (QED) is 0.798. The molecule has 0 radical (unpaired) electrons. The minimum absolute atomic E-state index is 0.0297. The second-order valence-electron chi connectivity index (χ2n) is 4.71. The SMILES string of the molecule is CCNC(=O)C1CNCCN1Cc1cccnc1C#N. The van der Waals surface area contributed by atoms with Crippen molar-refractivity contribution in [2.45, 2.75) is 19.5 Å². The maximum atomic E-state index is 12.1. The molecule has 6 nitrogen and oxygen atoms in total. The van der Waals surface area contributed by atoms with Crippen molar-refractivity contribution in [1.29, 1.82) is 5.26 Å². The minimum atomic E-state index is -0.199. The van der Waals surface area contributed by atoms with Crippen LogP contribution in [0, 0.1) is 11.3 Å². The number of hydrogen-bond acceptors (Lipinski definition) is 5. The normalized spacial score (nSPS) is 19.3. The molecule has 0 aromatic carbocycles. The first-order valence-electron chi connectivity index (χ1n) is 6.82. The summed E-state index contributed by atoms with van der Waals surface area (Å²) in [7, 11) is 0. The standard InChI is InChI=1S/C14H19N5O/c1-2-17-14(20)13-9-16-6-7-19(13)10-11-4-3-5-18-12(11)8-15/h3-5,13,16H,2,6-7,9-10H2,1H3,(H,17,20). The Labute approximate surface area is 118 Å². The Balaban J connectivity index is 2.13. The Bertz CT molecular complexity index is 511. The molecule has 20 heavy (non-hydrogen) atoms. The molecule has 1 saturated heterocycles. The summed E-state index contributed by atoms with van der Waals surface area (Å²) >= 11 is 0. The van der Waals surface area contributed by atoms with Crippen LogP contribution in [0.3, 0.4) is 0 Å². The number of carbonyl (C=O) groups is 1. The smallest absolute Gasteiger partial charge is 0.238 e. The molecule has 6 heteroatoms. The van der Waals surface area contributed by atoms with Crippen LogP contribution in [0.1, 0.15) is 18.2 Å². The average Bonchev–Trinajstić information content (AvgIpc) is 2.48. The molecular formula is C14H19N5O. The van der Waals surface area contributed by atoms with Gasteiger partial charge in [0.1, 0.15) is 17.8 Å². The lowest BCUT2D eigenvalue weighted by molar-refractivity contribution is -0.127. The van der Waals surface area contributed by atoms with Crippen LogP contribution >= 0.6 is 0 Å². The molecule has 1 aliphatic rings. The van der Waals surface area contributed by atoms with Gasteiger partial charge in [0.15, 0.2) is 0 Å². The number of nitriles is 1. The monoisotopic (exact) mass is 273 g/mol. The van der Waals surface area contributed by atoms with Gasteiger partial charge >= 0.3 is 0 Å². The molecule has 0 saturated carbocycles. The second-order valence-corrected chi connectivity index (χ2v) is 4.71. The number of piperazine rings is 1. The van der Waals surface area contributed by atoms with Crippen molar-refractivity contribution >= 4 is 5.91 Å². The van der Waals surface area contributed by atoms with Gasteiger partial charge in [-0.05, 0) is 13.0 Å². The Morgan fingerprint density at radius 2 is 2.55 bits per heavy atom. The van der Waals surface area contributed by atoms with E-state index < -0.39 is 0 Å². The number of nitrogens with zero attached hydrogens (tertiary/aromatic N) is 3. The highest BCUT2D eigenvalue weighted by molar-refractivity contribution is 5.82. The predicted molar refractivity (Wildman–Crippen MR) is 74.7 cm³/mol. The van der Waals surface area contributed by atoms with E-state index in [-0.39, 0.29) is 11.9 Å². The van der Waals surface area contributed by atoms with Crippen molar-refractivity contribution in [3.8, 4) is 6.07 Å². The van der Waals surface area contributed by atoms with Gasteiger partial charge in [-0.3, -0.25) is 9.69 Å². The summed E-state index contributed by atoms with van der Waals surface area (Å²) in [6.45, 7) is 5.36. The summed E-state index contributed by atoms with van der Waals surface area (Å²) in [5.41, 5.74) is 1.30. The zero-order chi connectivity index (χ0) is 14.4. The van der Waals surface area contributed by atoms with Crippen LogP contribution in [-0.4, -0.2) is 48.0 Å². The van der Waals surface area contributed by atoms with Gasteiger partial charge in [0.2, 0.25) is 5.91 Å². The summed E-state index contributed by atoms with van der Waals surface area (Å²) in [6.07, 6.45) is 1.61. The maximum Gasteiger partial charge on any atom is 0.238 e. The average molecular weight is 273 g/mol. The van der Waals surface area contributed by atoms with E-state index in [2.05, 4.69) is 26.6 Å². The van der Waals surface area contributed by atoms with E-state index in [0.29, 0.717) is 25.3 Å². The van der Waals surface area contributed by atoms with Gasteiger partial charge < -0.3 is 10.6 Å². The summed E-state index contributed by atoms with van der Waals surface area (Å²) < 4.78 is 0. The number of likely N-dealkylation sites (N-methyl/N-ethyl adjacent to an activating group) is 1. The Hall–Kier alpha value is -1.97. The van der Waals surface area contributed by atoms with E-state index >= 15 is 0 Å². The van der Waals surface area contributed by atoms with E-state index in [1.54, 1.807) is 6.20 Å². The van der Waals surface area contributed by atoms with Gasteiger partial charge in [0, 0.05) is 44.5 Å². The lowest BCUT2D eigenvalue weighted by atomic mass is 10.1. The van der Waals surface area contributed by atoms with Gasteiger partial charge in [0.25, 0.3) is 0 Å². The Kier molecular flexibility index (Phi) is 5.04. The molecule has 106 valence electrons. The van der Waals surface area contributed by atoms with E-state index in [9.17, 15) is 4.79 Å². The summed E-state index contributed by atoms with van der Waals surface area (Å²) in [6, 6.07) is 5.61. The van der Waals surface area contributed by atoms with Gasteiger partial charge in [-0.2, -0.15) is 5.26 Å². The molecule has 0 spiro atoms. The third-order valence-corrected chi connectivity index (χ3v) is 3.38. The molecule has 2 rings (SSSR count). The molecule has 1 aromatic heterocycles. The first-order valence-corrected chi connectivity index (χ1v) is 6.82. The van der Waals surface area contributed by atoms with Crippen LogP contribution in [0.5, 0.6) is 0 Å². The molecule has 2 N–H and O–H groups in total. The van der Waals surface area contributed by atoms with Crippen molar-refractivity contribution < 1.29 is 4.79 Å². The van der Waals surface area contributed by atoms with Crippen molar-refractivity contribution in [3.63, 3.8) is 0 Å². The summed E-state index contributed by atoms with van der Waals surface area (Å²) in [5.74, 6) is 0.0297. The zero-order valence-corrected chi connectivity index (χ0v) is 11.6. The van der Waals surface area contributed by atoms with Gasteiger partial charge in [-0.25, -0.2) is 4.98 Å². The molecule has 2 heterocycles. The molecule has 0 aliphatic carbocycles. The molecule has 1 atom stereocenters. The molecule has 1 fully saturated rings. The number of aromatic nitrogens is 1. The molecular weight excluding hydrogens is 254 g/mol. The van der Waals surface area contributed by atoms with Crippen LogP contribution in [0.15, 0.2) is 18.3 Å². The molecule has 1 aromatic rings. The van der Waals surface area contributed by atoms with E-state index in [1.807, 2.05) is 19.1 Å². The first-order chi connectivity index (χ1) is 9.76. The molecule has 0 bridgehead atoms. The van der Waals surface area contributed by atoms with E-state index in [4.69, 9.17) is 5.26 Å². The van der Waals surface area contributed by atoms with Crippen molar-refractivity contribution in [3.05, 3.63) is 29.6 Å². The zero-order valence-electron chi connectivity index (χ0n) is 11.6. The topological polar surface area (TPSA) is 81.1 Å². The number of rotatable bonds is 4. The third-order valence-electron chi connectivity index (χ3n) is 3.38. The fourth-order valence-electron chi connectivity index (χ4n) is 2.37. The summed E-state index contributed by atoms with van der Waals surface area (Å²) in [5, 5.41) is 15.2. The van der Waals surface area contributed by atoms with E-state index in [0.717, 1.165) is 18.7 Å². The van der Waals surface area contributed by atoms with Crippen molar-refractivity contribution in [2.24, 2.45) is 0 Å². The largest absolute Gasteiger partial charge is 0.355 e. The van der Waals surface area contributed by atoms with Gasteiger partial charge in [-0.1, -0.05) is 6.07 Å². The Morgan fingerprint density at radius 3 is 3.30 bits per heavy atom. The third kappa shape index (κ3) is 3.32. The number of nitrogens with one attached hydrogen (secondary N) is 2. The van der Waals surface area contributed by atoms with Crippen LogP contribution in [-0.2, 0) is 11.3 Å². The maximum absolute atomic E-state index is 12.1. The van der Waals surface area contributed by atoms with Crippen LogP contribution in [0.2, 0.25) is 0 Å². The van der Waals surface area contributed by atoms with Crippen molar-refractivity contribution in [2.75, 3.05) is 26.2 Å². The molecule has 1 amide bonds. The lowest BCUT2D eigenvalue weighted by Crippen LogP contribution is -2.57. The second kappa shape index (κ2) is 6.98. The number of pyridine rings is 1. The van der Waals surface area contributed by atoms with Crippen molar-refractivity contribution in [1.82, 2.24) is 20.5 Å². The first kappa shape index (κ1) is 14.4. The highest BCUT2D eigenvalue weighted by Crippen LogP contribution is 2.12. The molecule has 1 aliphatic heterocycles. The highest BCUT2D eigenvalue weighted by Gasteiger charge is 2.28. The fourth-order valence-corrected chi connectivity index (χ4v) is 2.37. The number of amides is 1. The highest BCUT2D eigenvalue weighted by atomic mass is 16.2. The summed E-state index contributed by atoms with van der Waals surface area (Å²) in [4.78, 5) is 18.2. The Morgan fingerprint density at radius 1 is 1.70 bits per heavy atom. The lowest BCUT2D eigenvalue weighted by Gasteiger charge is -2.35. The predicted octanol–water partition coefficient (Wildman–Crippen LogP) is -0.137. The van der Waals surface area contributed by atoms with Gasteiger partial charge in [0.05, 0.1) is 0 Å². The minimum Gasteiger partial charge on any atom is -0.355 e. The number of hydrogen-bond donors (Lipinski definition) is 2. The van der Waals surface area contributed by atoms with Gasteiger partial charge in [-0.15, -0.1) is 0 Å². The number of carbonyl (C=O) groups excluding carboxylic acids is 1. The van der Waals surface area contributed by atoms with Crippen LogP contribution in [0.4, 0.5) is 0 Å². The van der Waals surface area contributed by atoms with E-state index in [1.165, 1.54) is 0 Å². The fraction of sp³-hybridized carbons (Fsp3) is 0.500. The molecule has 1 unspecified atom stereocenters. The van der Waals surface area contributed by atoms with Crippen LogP contribution in [0.25, 0.3) is 0 Å².